The smallest absolute Gasteiger partial charge is 0.228 e. The topological polar surface area (TPSA) is 46.9 Å². The number of benzene rings is 1. The predicted molar refractivity (Wildman–Crippen MR) is 92.7 cm³/mol. The molecular formula is C18H22ClN3O. The lowest BCUT2D eigenvalue weighted by Gasteiger charge is -2.19. The number of carbonyl (C=O) groups is 1. The first-order valence-electron chi connectivity index (χ1n) is 8.22. The highest BCUT2D eigenvalue weighted by molar-refractivity contribution is 6.31. The van der Waals surface area contributed by atoms with E-state index in [1.165, 1.54) is 6.42 Å². The van der Waals surface area contributed by atoms with E-state index in [4.69, 9.17) is 11.6 Å². The van der Waals surface area contributed by atoms with Gasteiger partial charge in [-0.1, -0.05) is 49.1 Å². The van der Waals surface area contributed by atoms with Crippen LogP contribution >= 0.6 is 11.6 Å². The average Bonchev–Trinajstić information content (AvgIpc) is 2.90. The number of anilines is 1. The highest BCUT2D eigenvalue weighted by atomic mass is 35.5. The second-order valence-corrected chi connectivity index (χ2v) is 6.65. The highest BCUT2D eigenvalue weighted by Gasteiger charge is 2.22. The Balaban J connectivity index is 1.68. The number of carbonyl (C=O) groups excluding carboxylic acids is 1. The standard InChI is InChI=1S/C18H22ClN3O/c1-13-11-17(20-18(23)14-7-3-2-4-8-14)21-22(13)12-15-9-5-6-10-16(15)19/h5-6,9-11,14H,2-4,7-8,12H2,1H3,(H,20,21,23). The zero-order chi connectivity index (χ0) is 16.2. The summed E-state index contributed by atoms with van der Waals surface area (Å²) in [6.45, 7) is 2.59. The van der Waals surface area contributed by atoms with Gasteiger partial charge in [-0.3, -0.25) is 9.48 Å². The van der Waals surface area contributed by atoms with Gasteiger partial charge in [0.05, 0.1) is 6.54 Å². The molecule has 1 saturated carbocycles. The molecule has 0 unspecified atom stereocenters. The second-order valence-electron chi connectivity index (χ2n) is 6.24. The van der Waals surface area contributed by atoms with Gasteiger partial charge in [-0.15, -0.1) is 0 Å². The fourth-order valence-electron chi connectivity index (χ4n) is 3.11. The monoisotopic (exact) mass is 331 g/mol. The molecule has 0 atom stereocenters. The molecule has 0 spiro atoms. The van der Waals surface area contributed by atoms with Crippen molar-refractivity contribution in [3.63, 3.8) is 0 Å². The largest absolute Gasteiger partial charge is 0.309 e. The fourth-order valence-corrected chi connectivity index (χ4v) is 3.31. The summed E-state index contributed by atoms with van der Waals surface area (Å²) in [7, 11) is 0. The van der Waals surface area contributed by atoms with Crippen LogP contribution in [0.2, 0.25) is 5.02 Å². The van der Waals surface area contributed by atoms with E-state index in [2.05, 4.69) is 10.4 Å². The van der Waals surface area contributed by atoms with Crippen molar-refractivity contribution in [1.82, 2.24) is 9.78 Å². The summed E-state index contributed by atoms with van der Waals surface area (Å²) in [4.78, 5) is 12.3. The third-order valence-electron chi connectivity index (χ3n) is 4.49. The molecule has 2 aromatic rings. The van der Waals surface area contributed by atoms with Gasteiger partial charge >= 0.3 is 0 Å². The Bertz CT molecular complexity index is 689. The predicted octanol–water partition coefficient (Wildman–Crippen LogP) is 4.41. The van der Waals surface area contributed by atoms with Crippen molar-refractivity contribution in [1.29, 1.82) is 0 Å². The molecule has 3 rings (SSSR count). The van der Waals surface area contributed by atoms with E-state index in [0.717, 1.165) is 42.0 Å². The fraction of sp³-hybridized carbons (Fsp3) is 0.444. The van der Waals surface area contributed by atoms with Crippen molar-refractivity contribution in [3.8, 4) is 0 Å². The lowest BCUT2D eigenvalue weighted by Crippen LogP contribution is -2.25. The van der Waals surface area contributed by atoms with Crippen LogP contribution in [0, 0.1) is 12.8 Å². The minimum Gasteiger partial charge on any atom is -0.309 e. The van der Waals surface area contributed by atoms with Gasteiger partial charge in [-0.25, -0.2) is 0 Å². The average molecular weight is 332 g/mol. The number of rotatable bonds is 4. The highest BCUT2D eigenvalue weighted by Crippen LogP contribution is 2.25. The van der Waals surface area contributed by atoms with Crippen LogP contribution in [0.15, 0.2) is 30.3 Å². The number of nitrogens with zero attached hydrogens (tertiary/aromatic N) is 2. The summed E-state index contributed by atoms with van der Waals surface area (Å²) in [5, 5.41) is 8.21. The van der Waals surface area contributed by atoms with E-state index in [9.17, 15) is 4.79 Å². The Labute approximate surface area is 141 Å². The van der Waals surface area contributed by atoms with Crippen LogP contribution in [0.4, 0.5) is 5.82 Å². The molecule has 1 fully saturated rings. The Hall–Kier alpha value is -1.81. The van der Waals surface area contributed by atoms with Gasteiger partial charge in [0.2, 0.25) is 5.91 Å². The van der Waals surface area contributed by atoms with Gasteiger partial charge in [0, 0.05) is 22.7 Å². The molecule has 0 saturated heterocycles. The Morgan fingerprint density at radius 2 is 2.04 bits per heavy atom. The maximum Gasteiger partial charge on any atom is 0.228 e. The summed E-state index contributed by atoms with van der Waals surface area (Å²) >= 11 is 6.21. The first kappa shape index (κ1) is 16.1. The molecule has 1 N–H and O–H groups in total. The molecule has 0 bridgehead atoms. The number of halogens is 1. The van der Waals surface area contributed by atoms with Crippen LogP contribution in [0.25, 0.3) is 0 Å². The molecule has 122 valence electrons. The second kappa shape index (κ2) is 7.18. The van der Waals surface area contributed by atoms with Crippen LogP contribution in [0.3, 0.4) is 0 Å². The quantitative estimate of drug-likeness (QED) is 0.901. The van der Waals surface area contributed by atoms with Crippen LogP contribution in [0.1, 0.15) is 43.4 Å². The minimum absolute atomic E-state index is 0.104. The van der Waals surface area contributed by atoms with Gasteiger partial charge in [-0.2, -0.15) is 5.10 Å². The number of hydrogen-bond acceptors (Lipinski definition) is 2. The summed E-state index contributed by atoms with van der Waals surface area (Å²) in [5.41, 5.74) is 2.02. The Morgan fingerprint density at radius 3 is 2.78 bits per heavy atom. The van der Waals surface area contributed by atoms with Gasteiger partial charge in [0.25, 0.3) is 0 Å². The van der Waals surface area contributed by atoms with Crippen molar-refractivity contribution in [3.05, 3.63) is 46.6 Å². The first-order chi connectivity index (χ1) is 11.1. The number of nitrogens with one attached hydrogen (secondary N) is 1. The van der Waals surface area contributed by atoms with Crippen LogP contribution in [-0.4, -0.2) is 15.7 Å². The lowest BCUT2D eigenvalue weighted by atomic mass is 9.89. The normalized spacial score (nSPS) is 15.6. The number of aryl methyl sites for hydroxylation is 1. The summed E-state index contributed by atoms with van der Waals surface area (Å²) < 4.78 is 1.87. The van der Waals surface area contributed by atoms with Crippen molar-refractivity contribution in [2.45, 2.75) is 45.6 Å². The Morgan fingerprint density at radius 1 is 1.30 bits per heavy atom. The van der Waals surface area contributed by atoms with Gasteiger partial charge in [0.1, 0.15) is 0 Å². The molecule has 1 amide bonds. The third-order valence-corrected chi connectivity index (χ3v) is 4.86. The number of amides is 1. The lowest BCUT2D eigenvalue weighted by molar-refractivity contribution is -0.120. The summed E-state index contributed by atoms with van der Waals surface area (Å²) in [6.07, 6.45) is 5.53. The molecule has 1 heterocycles. The number of hydrogen-bond donors (Lipinski definition) is 1. The zero-order valence-corrected chi connectivity index (χ0v) is 14.1. The molecule has 4 nitrogen and oxygen atoms in total. The van der Waals surface area contributed by atoms with E-state index < -0.39 is 0 Å². The maximum absolute atomic E-state index is 12.3. The van der Waals surface area contributed by atoms with E-state index in [1.807, 2.05) is 41.9 Å². The summed E-state index contributed by atoms with van der Waals surface area (Å²) in [5.74, 6) is 0.870. The third kappa shape index (κ3) is 3.94. The van der Waals surface area contributed by atoms with Gasteiger partial charge < -0.3 is 5.32 Å². The number of aromatic nitrogens is 2. The van der Waals surface area contributed by atoms with Crippen molar-refractivity contribution in [2.75, 3.05) is 5.32 Å². The molecule has 0 radical (unpaired) electrons. The molecule has 1 aliphatic carbocycles. The van der Waals surface area contributed by atoms with Crippen molar-refractivity contribution < 1.29 is 4.79 Å². The van der Waals surface area contributed by atoms with E-state index in [0.29, 0.717) is 12.4 Å². The molecular weight excluding hydrogens is 310 g/mol. The van der Waals surface area contributed by atoms with E-state index in [1.54, 1.807) is 0 Å². The maximum atomic E-state index is 12.3. The van der Waals surface area contributed by atoms with Gasteiger partial charge in [0.15, 0.2) is 5.82 Å². The SMILES string of the molecule is Cc1cc(NC(=O)C2CCCCC2)nn1Cc1ccccc1Cl. The van der Waals surface area contributed by atoms with Crippen LogP contribution < -0.4 is 5.32 Å². The first-order valence-corrected chi connectivity index (χ1v) is 8.60. The van der Waals surface area contributed by atoms with Gasteiger partial charge in [-0.05, 0) is 31.4 Å². The molecule has 0 aliphatic heterocycles. The van der Waals surface area contributed by atoms with Crippen LogP contribution in [0.5, 0.6) is 0 Å². The van der Waals surface area contributed by atoms with Crippen molar-refractivity contribution in [2.24, 2.45) is 5.92 Å². The zero-order valence-electron chi connectivity index (χ0n) is 13.4. The minimum atomic E-state index is 0.104. The molecule has 5 heteroatoms. The van der Waals surface area contributed by atoms with Crippen LogP contribution in [-0.2, 0) is 11.3 Å². The van der Waals surface area contributed by atoms with Crippen molar-refractivity contribution >= 4 is 23.3 Å². The summed E-state index contributed by atoms with van der Waals surface area (Å²) in [6, 6.07) is 9.66. The Kier molecular flexibility index (Phi) is 5.01. The van der Waals surface area contributed by atoms with E-state index >= 15 is 0 Å². The molecule has 1 aliphatic rings. The van der Waals surface area contributed by atoms with E-state index in [-0.39, 0.29) is 11.8 Å². The molecule has 1 aromatic heterocycles. The molecule has 23 heavy (non-hydrogen) atoms. The molecule has 1 aromatic carbocycles.